The molecule has 1 atom stereocenters. The van der Waals surface area contributed by atoms with E-state index in [1.807, 2.05) is 4.90 Å². The van der Waals surface area contributed by atoms with Crippen LogP contribution in [0.25, 0.3) is 0 Å². The molecular formula is C16H27N5O3S. The predicted molar refractivity (Wildman–Crippen MR) is 93.6 cm³/mol. The number of amides is 1. The first kappa shape index (κ1) is 18.3. The van der Waals surface area contributed by atoms with Gasteiger partial charge < -0.3 is 4.90 Å². The van der Waals surface area contributed by atoms with Gasteiger partial charge in [0.05, 0.1) is 11.9 Å². The van der Waals surface area contributed by atoms with Crippen molar-refractivity contribution < 1.29 is 13.2 Å². The van der Waals surface area contributed by atoms with Gasteiger partial charge in [0.25, 0.3) is 5.91 Å². The molecule has 0 bridgehead atoms. The molecule has 2 aliphatic heterocycles. The van der Waals surface area contributed by atoms with Gasteiger partial charge in [0.15, 0.2) is 5.69 Å². The van der Waals surface area contributed by atoms with Crippen molar-refractivity contribution in [2.75, 3.05) is 25.4 Å². The van der Waals surface area contributed by atoms with Crippen LogP contribution in [0.15, 0.2) is 6.20 Å². The SMILES string of the molecule is CCS(=O)(=O)N1CCCCC1CCn1cc(C(=O)N2CCCC2)nn1. The number of aromatic nitrogens is 3. The van der Waals surface area contributed by atoms with Crippen LogP contribution in [0.3, 0.4) is 0 Å². The number of hydrogen-bond donors (Lipinski definition) is 0. The van der Waals surface area contributed by atoms with E-state index in [0.29, 0.717) is 25.2 Å². The largest absolute Gasteiger partial charge is 0.337 e. The number of hydrogen-bond acceptors (Lipinski definition) is 5. The second kappa shape index (κ2) is 7.82. The van der Waals surface area contributed by atoms with Crippen molar-refractivity contribution in [3.05, 3.63) is 11.9 Å². The summed E-state index contributed by atoms with van der Waals surface area (Å²) in [5.41, 5.74) is 0.378. The first-order valence-corrected chi connectivity index (χ1v) is 10.8. The predicted octanol–water partition coefficient (Wildman–Crippen LogP) is 1.11. The van der Waals surface area contributed by atoms with Crippen LogP contribution in [0.4, 0.5) is 0 Å². The molecule has 3 heterocycles. The number of aryl methyl sites for hydroxylation is 1. The molecule has 25 heavy (non-hydrogen) atoms. The maximum atomic E-state index is 12.3. The Morgan fingerprint density at radius 2 is 1.92 bits per heavy atom. The molecule has 1 amide bonds. The van der Waals surface area contributed by atoms with Crippen molar-refractivity contribution in [2.45, 2.75) is 58.0 Å². The monoisotopic (exact) mass is 369 g/mol. The summed E-state index contributed by atoms with van der Waals surface area (Å²) in [6.07, 6.45) is 7.33. The molecule has 1 aromatic heterocycles. The van der Waals surface area contributed by atoms with E-state index in [0.717, 1.165) is 45.2 Å². The van der Waals surface area contributed by atoms with Crippen molar-refractivity contribution in [2.24, 2.45) is 0 Å². The molecule has 0 N–H and O–H groups in total. The summed E-state index contributed by atoms with van der Waals surface area (Å²) in [4.78, 5) is 14.1. The highest BCUT2D eigenvalue weighted by Gasteiger charge is 2.31. The average Bonchev–Trinajstić information content (AvgIpc) is 3.31. The number of likely N-dealkylation sites (tertiary alicyclic amines) is 1. The van der Waals surface area contributed by atoms with Gasteiger partial charge in [-0.2, -0.15) is 4.31 Å². The molecule has 2 saturated heterocycles. The van der Waals surface area contributed by atoms with E-state index in [4.69, 9.17) is 0 Å². The molecule has 1 aromatic rings. The first-order valence-electron chi connectivity index (χ1n) is 9.20. The molecular weight excluding hydrogens is 342 g/mol. The first-order chi connectivity index (χ1) is 12.0. The van der Waals surface area contributed by atoms with E-state index in [-0.39, 0.29) is 17.7 Å². The Hall–Kier alpha value is -1.48. The minimum atomic E-state index is -3.17. The standard InChI is InChI=1S/C16H27N5O3S/c1-2-25(23,24)21-11-4-3-7-14(21)8-12-20-13-15(17-18-20)16(22)19-9-5-6-10-19/h13-14H,2-12H2,1H3. The number of sulfonamides is 1. The summed E-state index contributed by atoms with van der Waals surface area (Å²) in [6.45, 7) is 4.45. The lowest BCUT2D eigenvalue weighted by Crippen LogP contribution is -2.44. The van der Waals surface area contributed by atoms with E-state index >= 15 is 0 Å². The van der Waals surface area contributed by atoms with Gasteiger partial charge in [-0.25, -0.2) is 8.42 Å². The Bertz CT molecular complexity index is 696. The van der Waals surface area contributed by atoms with E-state index < -0.39 is 10.0 Å². The highest BCUT2D eigenvalue weighted by atomic mass is 32.2. The van der Waals surface area contributed by atoms with Crippen molar-refractivity contribution >= 4 is 15.9 Å². The van der Waals surface area contributed by atoms with Crippen LogP contribution < -0.4 is 0 Å². The number of carbonyl (C=O) groups is 1. The third kappa shape index (κ3) is 4.20. The summed E-state index contributed by atoms with van der Waals surface area (Å²) in [6, 6.07) is 0.0145. The van der Waals surface area contributed by atoms with Crippen LogP contribution >= 0.6 is 0 Å². The van der Waals surface area contributed by atoms with Crippen LogP contribution in [0.1, 0.15) is 55.9 Å². The van der Waals surface area contributed by atoms with Crippen LogP contribution in [0.5, 0.6) is 0 Å². The van der Waals surface area contributed by atoms with Gasteiger partial charge in [-0.1, -0.05) is 11.6 Å². The van der Waals surface area contributed by atoms with Crippen LogP contribution in [-0.2, 0) is 16.6 Å². The van der Waals surface area contributed by atoms with Gasteiger partial charge in [0.1, 0.15) is 0 Å². The van der Waals surface area contributed by atoms with Gasteiger partial charge in [-0.3, -0.25) is 9.48 Å². The third-order valence-electron chi connectivity index (χ3n) is 5.14. The molecule has 8 nitrogen and oxygen atoms in total. The second-order valence-corrected chi connectivity index (χ2v) is 9.03. The fourth-order valence-electron chi connectivity index (χ4n) is 3.66. The highest BCUT2D eigenvalue weighted by Crippen LogP contribution is 2.23. The van der Waals surface area contributed by atoms with Crippen LogP contribution in [-0.4, -0.2) is 70.0 Å². The summed E-state index contributed by atoms with van der Waals surface area (Å²) in [5.74, 6) is 0.0815. The molecule has 3 rings (SSSR count). The summed E-state index contributed by atoms with van der Waals surface area (Å²) >= 11 is 0. The lowest BCUT2D eigenvalue weighted by atomic mass is 10.0. The molecule has 2 fully saturated rings. The van der Waals surface area contributed by atoms with E-state index in [1.54, 1.807) is 22.1 Å². The van der Waals surface area contributed by atoms with Gasteiger partial charge in [0, 0.05) is 32.2 Å². The van der Waals surface area contributed by atoms with E-state index in [1.165, 1.54) is 0 Å². The summed E-state index contributed by atoms with van der Waals surface area (Å²) in [5, 5.41) is 8.05. The fraction of sp³-hybridized carbons (Fsp3) is 0.812. The van der Waals surface area contributed by atoms with E-state index in [2.05, 4.69) is 10.3 Å². The summed E-state index contributed by atoms with van der Waals surface area (Å²) in [7, 11) is -3.17. The number of nitrogens with zero attached hydrogens (tertiary/aromatic N) is 5. The molecule has 0 spiro atoms. The maximum absolute atomic E-state index is 12.3. The lowest BCUT2D eigenvalue weighted by Gasteiger charge is -2.34. The van der Waals surface area contributed by atoms with Crippen molar-refractivity contribution in [3.63, 3.8) is 0 Å². The molecule has 0 radical (unpaired) electrons. The van der Waals surface area contributed by atoms with Crippen molar-refractivity contribution in [1.29, 1.82) is 0 Å². The number of rotatable bonds is 6. The highest BCUT2D eigenvalue weighted by molar-refractivity contribution is 7.89. The maximum Gasteiger partial charge on any atom is 0.276 e. The number of carbonyl (C=O) groups excluding carboxylic acids is 1. The fourth-order valence-corrected chi connectivity index (χ4v) is 5.07. The molecule has 0 aliphatic carbocycles. The number of piperidine rings is 1. The Morgan fingerprint density at radius 3 is 2.64 bits per heavy atom. The average molecular weight is 369 g/mol. The Morgan fingerprint density at radius 1 is 1.20 bits per heavy atom. The molecule has 2 aliphatic rings. The van der Waals surface area contributed by atoms with Crippen LogP contribution in [0.2, 0.25) is 0 Å². The smallest absolute Gasteiger partial charge is 0.276 e. The quantitative estimate of drug-likeness (QED) is 0.749. The lowest BCUT2D eigenvalue weighted by molar-refractivity contribution is 0.0787. The van der Waals surface area contributed by atoms with Crippen LogP contribution in [0, 0.1) is 0 Å². The zero-order valence-electron chi connectivity index (χ0n) is 14.8. The zero-order chi connectivity index (χ0) is 17.9. The van der Waals surface area contributed by atoms with Crippen molar-refractivity contribution in [3.8, 4) is 0 Å². The molecule has 0 saturated carbocycles. The van der Waals surface area contributed by atoms with Gasteiger partial charge in [0.2, 0.25) is 10.0 Å². The van der Waals surface area contributed by atoms with E-state index in [9.17, 15) is 13.2 Å². The Kier molecular flexibility index (Phi) is 5.73. The Labute approximate surface area is 149 Å². The normalized spacial score (nSPS) is 22.4. The Balaban J connectivity index is 1.60. The third-order valence-corrected chi connectivity index (χ3v) is 7.06. The van der Waals surface area contributed by atoms with Gasteiger partial charge >= 0.3 is 0 Å². The van der Waals surface area contributed by atoms with Crippen molar-refractivity contribution in [1.82, 2.24) is 24.2 Å². The zero-order valence-corrected chi connectivity index (χ0v) is 15.6. The minimum Gasteiger partial charge on any atom is -0.337 e. The molecule has 9 heteroatoms. The second-order valence-electron chi connectivity index (χ2n) is 6.82. The molecule has 1 unspecified atom stereocenters. The van der Waals surface area contributed by atoms with Gasteiger partial charge in [-0.05, 0) is 39.0 Å². The topological polar surface area (TPSA) is 88.4 Å². The molecule has 140 valence electrons. The molecule has 0 aromatic carbocycles. The summed E-state index contributed by atoms with van der Waals surface area (Å²) < 4.78 is 27.8. The van der Waals surface area contributed by atoms with Gasteiger partial charge in [-0.15, -0.1) is 5.10 Å². The minimum absolute atomic E-state index is 0.0145.